The Labute approximate surface area is 226 Å². The molecule has 3 N–H and O–H groups in total. The van der Waals surface area contributed by atoms with Crippen molar-refractivity contribution in [2.24, 2.45) is 11.7 Å². The SMILES string of the molecule is C[C@H]1CN(CC(N)=O)Cc2cc(C(=O)Nc3ccc(CC4CCN(CCC#N)CC4)c(C(F)(F)F)c3)ccc21. The first kappa shape index (κ1) is 28.6. The van der Waals surface area contributed by atoms with Crippen LogP contribution in [-0.4, -0.2) is 54.3 Å². The molecule has 7 nitrogen and oxygen atoms in total. The lowest BCUT2D eigenvalue weighted by Gasteiger charge is -2.32. The Hall–Kier alpha value is -3.42. The van der Waals surface area contributed by atoms with Crippen LogP contribution in [0.25, 0.3) is 0 Å². The molecular weight excluding hydrogens is 507 g/mol. The summed E-state index contributed by atoms with van der Waals surface area (Å²) in [6.07, 6.45) is -2.20. The van der Waals surface area contributed by atoms with E-state index in [9.17, 15) is 22.8 Å². The Morgan fingerprint density at radius 2 is 1.87 bits per heavy atom. The Kier molecular flexibility index (Phi) is 8.93. The van der Waals surface area contributed by atoms with Gasteiger partial charge >= 0.3 is 6.18 Å². The number of hydrogen-bond donors (Lipinski definition) is 2. The number of rotatable bonds is 8. The molecule has 39 heavy (non-hydrogen) atoms. The third kappa shape index (κ3) is 7.37. The summed E-state index contributed by atoms with van der Waals surface area (Å²) in [5.41, 5.74) is 7.24. The van der Waals surface area contributed by atoms with Crippen LogP contribution in [0.5, 0.6) is 0 Å². The molecule has 2 amide bonds. The number of carbonyl (C=O) groups excluding carboxylic acids is 2. The molecule has 0 unspecified atom stereocenters. The number of benzene rings is 2. The number of piperidine rings is 1. The van der Waals surface area contributed by atoms with Crippen molar-refractivity contribution in [1.82, 2.24) is 9.80 Å². The number of hydrogen-bond acceptors (Lipinski definition) is 5. The van der Waals surface area contributed by atoms with Gasteiger partial charge in [-0.15, -0.1) is 0 Å². The standard InChI is InChI=1S/C29H34F3N5O2/c1-19-16-37(18-27(34)38)17-23-14-22(4-6-25(19)23)28(39)35-24-5-3-21(26(15-24)29(30,31)32)13-20-7-11-36(12-8-20)10-2-9-33/h3-6,14-15,19-20H,2,7-8,10-13,16-18H2,1H3,(H2,34,38)(H,35,39)/t19-/m0/s1. The second-order valence-corrected chi connectivity index (χ2v) is 10.7. The molecule has 0 saturated carbocycles. The maximum atomic E-state index is 14.0. The fourth-order valence-electron chi connectivity index (χ4n) is 5.73. The van der Waals surface area contributed by atoms with E-state index in [0.717, 1.165) is 43.1 Å². The Morgan fingerprint density at radius 3 is 2.54 bits per heavy atom. The number of amides is 2. The van der Waals surface area contributed by atoms with E-state index in [1.165, 1.54) is 12.1 Å². The first-order chi connectivity index (χ1) is 18.5. The number of nitrogens with zero attached hydrogens (tertiary/aromatic N) is 3. The molecule has 0 aromatic heterocycles. The van der Waals surface area contributed by atoms with Gasteiger partial charge in [0.1, 0.15) is 0 Å². The van der Waals surface area contributed by atoms with E-state index in [4.69, 9.17) is 11.0 Å². The maximum absolute atomic E-state index is 14.0. The first-order valence-corrected chi connectivity index (χ1v) is 13.3. The monoisotopic (exact) mass is 541 g/mol. The zero-order valence-corrected chi connectivity index (χ0v) is 22.1. The minimum absolute atomic E-state index is 0.0869. The molecule has 2 aromatic rings. The van der Waals surface area contributed by atoms with Gasteiger partial charge in [0.05, 0.1) is 18.2 Å². The molecule has 1 fully saturated rings. The smallest absolute Gasteiger partial charge is 0.369 e. The molecule has 10 heteroatoms. The van der Waals surface area contributed by atoms with Crippen LogP contribution in [0, 0.1) is 17.2 Å². The predicted molar refractivity (Wildman–Crippen MR) is 142 cm³/mol. The lowest BCUT2D eigenvalue weighted by atomic mass is 9.88. The maximum Gasteiger partial charge on any atom is 0.416 e. The molecule has 0 bridgehead atoms. The van der Waals surface area contributed by atoms with Crippen LogP contribution in [0.3, 0.4) is 0 Å². The summed E-state index contributed by atoms with van der Waals surface area (Å²) in [5, 5.41) is 11.4. The van der Waals surface area contributed by atoms with Crippen molar-refractivity contribution in [3.8, 4) is 6.07 Å². The summed E-state index contributed by atoms with van der Waals surface area (Å²) in [5.74, 6) is -0.638. The van der Waals surface area contributed by atoms with Gasteiger partial charge in [-0.2, -0.15) is 18.4 Å². The number of fused-ring (bicyclic) bond motifs is 1. The number of halogens is 3. The van der Waals surface area contributed by atoms with Gasteiger partial charge in [-0.25, -0.2) is 0 Å². The Balaban J connectivity index is 1.46. The van der Waals surface area contributed by atoms with E-state index < -0.39 is 23.6 Å². The summed E-state index contributed by atoms with van der Waals surface area (Å²) in [6.45, 7) is 5.54. The second kappa shape index (κ2) is 12.2. The number of anilines is 1. The van der Waals surface area contributed by atoms with E-state index in [0.29, 0.717) is 38.0 Å². The van der Waals surface area contributed by atoms with Crippen molar-refractivity contribution in [2.75, 3.05) is 38.0 Å². The van der Waals surface area contributed by atoms with E-state index in [-0.39, 0.29) is 29.6 Å². The quantitative estimate of drug-likeness (QED) is 0.511. The van der Waals surface area contributed by atoms with Crippen LogP contribution in [0.1, 0.15) is 64.7 Å². The zero-order valence-electron chi connectivity index (χ0n) is 22.1. The first-order valence-electron chi connectivity index (χ1n) is 13.3. The predicted octanol–water partition coefficient (Wildman–Crippen LogP) is 4.53. The summed E-state index contributed by atoms with van der Waals surface area (Å²) in [7, 11) is 0. The highest BCUT2D eigenvalue weighted by atomic mass is 19.4. The van der Waals surface area contributed by atoms with E-state index in [1.807, 2.05) is 17.9 Å². The van der Waals surface area contributed by atoms with E-state index in [1.54, 1.807) is 12.1 Å². The van der Waals surface area contributed by atoms with Crippen molar-refractivity contribution in [3.05, 3.63) is 64.2 Å². The van der Waals surface area contributed by atoms with Gasteiger partial charge in [-0.05, 0) is 85.1 Å². The second-order valence-electron chi connectivity index (χ2n) is 10.7. The highest BCUT2D eigenvalue weighted by molar-refractivity contribution is 6.04. The zero-order chi connectivity index (χ0) is 28.2. The van der Waals surface area contributed by atoms with Crippen molar-refractivity contribution in [1.29, 1.82) is 5.26 Å². The molecule has 2 heterocycles. The molecule has 208 valence electrons. The van der Waals surface area contributed by atoms with Gasteiger partial charge < -0.3 is 16.0 Å². The molecule has 0 aliphatic carbocycles. The van der Waals surface area contributed by atoms with Crippen LogP contribution in [0.2, 0.25) is 0 Å². The summed E-state index contributed by atoms with van der Waals surface area (Å²) in [4.78, 5) is 28.5. The minimum atomic E-state index is -4.55. The number of nitrogens with two attached hydrogens (primary N) is 1. The normalized spacial score (nSPS) is 18.8. The lowest BCUT2D eigenvalue weighted by Crippen LogP contribution is -2.38. The third-order valence-corrected chi connectivity index (χ3v) is 7.67. The fraction of sp³-hybridized carbons (Fsp3) is 0.483. The summed E-state index contributed by atoms with van der Waals surface area (Å²) >= 11 is 0. The van der Waals surface area contributed by atoms with Crippen LogP contribution in [0.4, 0.5) is 18.9 Å². The van der Waals surface area contributed by atoms with Gasteiger partial charge in [0.15, 0.2) is 0 Å². The molecule has 2 aromatic carbocycles. The summed E-state index contributed by atoms with van der Waals surface area (Å²) in [6, 6.07) is 11.4. The van der Waals surface area contributed by atoms with Gasteiger partial charge in [-0.3, -0.25) is 14.5 Å². The Bertz CT molecular complexity index is 1250. The highest BCUT2D eigenvalue weighted by Crippen LogP contribution is 2.36. The average molecular weight is 542 g/mol. The molecule has 0 radical (unpaired) electrons. The number of primary amides is 1. The van der Waals surface area contributed by atoms with Crippen molar-refractivity contribution < 1.29 is 22.8 Å². The lowest BCUT2D eigenvalue weighted by molar-refractivity contribution is -0.138. The van der Waals surface area contributed by atoms with Crippen molar-refractivity contribution >= 4 is 17.5 Å². The van der Waals surface area contributed by atoms with Crippen molar-refractivity contribution in [3.63, 3.8) is 0 Å². The van der Waals surface area contributed by atoms with E-state index in [2.05, 4.69) is 16.3 Å². The topological polar surface area (TPSA) is 102 Å². The molecule has 0 spiro atoms. The number of nitrogens with one attached hydrogen (secondary N) is 1. The minimum Gasteiger partial charge on any atom is -0.369 e. The van der Waals surface area contributed by atoms with Crippen LogP contribution in [-0.2, 0) is 23.9 Å². The number of alkyl halides is 3. The van der Waals surface area contributed by atoms with Gasteiger partial charge in [0.25, 0.3) is 5.91 Å². The molecule has 1 saturated heterocycles. The summed E-state index contributed by atoms with van der Waals surface area (Å²) < 4.78 is 42.0. The van der Waals surface area contributed by atoms with Crippen LogP contribution in [0.15, 0.2) is 36.4 Å². The molecule has 2 aliphatic heterocycles. The van der Waals surface area contributed by atoms with Gasteiger partial charge in [0.2, 0.25) is 5.91 Å². The van der Waals surface area contributed by atoms with Gasteiger partial charge in [0, 0.05) is 37.3 Å². The highest BCUT2D eigenvalue weighted by Gasteiger charge is 2.34. The largest absolute Gasteiger partial charge is 0.416 e. The van der Waals surface area contributed by atoms with Crippen molar-refractivity contribution in [2.45, 2.75) is 51.2 Å². The molecular formula is C29H34F3N5O2. The fourth-order valence-corrected chi connectivity index (χ4v) is 5.73. The molecule has 4 rings (SSSR count). The number of carbonyl (C=O) groups is 2. The average Bonchev–Trinajstić information content (AvgIpc) is 2.88. The van der Waals surface area contributed by atoms with E-state index >= 15 is 0 Å². The molecule has 1 atom stereocenters. The number of nitriles is 1. The number of likely N-dealkylation sites (tertiary alicyclic amines) is 1. The van der Waals surface area contributed by atoms with Crippen LogP contribution >= 0.6 is 0 Å². The van der Waals surface area contributed by atoms with Crippen LogP contribution < -0.4 is 11.1 Å². The molecule has 2 aliphatic rings. The third-order valence-electron chi connectivity index (χ3n) is 7.67. The Morgan fingerprint density at radius 1 is 1.13 bits per heavy atom. The van der Waals surface area contributed by atoms with Gasteiger partial charge in [-0.1, -0.05) is 19.1 Å².